The molecular weight excluding hydrogens is 210 g/mol. The third-order valence-corrected chi connectivity index (χ3v) is 2.35. The summed E-state index contributed by atoms with van der Waals surface area (Å²) >= 11 is 5.55. The molecule has 1 heterocycles. The van der Waals surface area contributed by atoms with Crippen molar-refractivity contribution in [1.82, 2.24) is 0 Å². The topological polar surface area (TPSA) is 61.6 Å². The molecular formula is C8H14ClNO4. The van der Waals surface area contributed by atoms with Crippen molar-refractivity contribution in [1.29, 1.82) is 0 Å². The molecule has 0 aromatic heterocycles. The molecule has 0 N–H and O–H groups in total. The summed E-state index contributed by atoms with van der Waals surface area (Å²) in [7, 11) is 0. The summed E-state index contributed by atoms with van der Waals surface area (Å²) in [5.41, 5.74) is 0. The fourth-order valence-corrected chi connectivity index (χ4v) is 1.50. The fourth-order valence-electron chi connectivity index (χ4n) is 1.33. The Morgan fingerprint density at radius 2 is 2.43 bits per heavy atom. The molecule has 1 aliphatic rings. The molecule has 82 valence electrons. The first kappa shape index (κ1) is 11.7. The molecule has 14 heavy (non-hydrogen) atoms. The number of hydrogen-bond acceptors (Lipinski definition) is 4. The van der Waals surface area contributed by atoms with Gasteiger partial charge in [0, 0.05) is 11.5 Å². The second kappa shape index (κ2) is 6.16. The Labute approximate surface area is 87.5 Å². The average Bonchev–Trinajstić information content (AvgIpc) is 2.17. The molecule has 1 saturated heterocycles. The van der Waals surface area contributed by atoms with Crippen molar-refractivity contribution in [3.63, 3.8) is 0 Å². The third kappa shape index (κ3) is 4.21. The number of hydrogen-bond donors (Lipinski definition) is 0. The predicted octanol–water partition coefficient (Wildman–Crippen LogP) is 1.41. The van der Waals surface area contributed by atoms with Crippen LogP contribution in [0.3, 0.4) is 0 Å². The molecule has 0 aliphatic carbocycles. The number of halogens is 1. The Bertz CT molecular complexity index is 184. The Morgan fingerprint density at radius 1 is 1.64 bits per heavy atom. The van der Waals surface area contributed by atoms with E-state index in [-0.39, 0.29) is 18.7 Å². The largest absolute Gasteiger partial charge is 0.353 e. The standard InChI is InChI=1S/C8H14ClNO4/c9-5-7(6-10(11)12)14-8-3-1-2-4-13-8/h7-8H,1-6H2/t7-,8+/m1/s1. The van der Waals surface area contributed by atoms with E-state index >= 15 is 0 Å². The Hall–Kier alpha value is -0.390. The maximum absolute atomic E-state index is 10.2. The quantitative estimate of drug-likeness (QED) is 0.402. The fraction of sp³-hybridized carbons (Fsp3) is 1.00. The molecule has 6 heteroatoms. The minimum absolute atomic E-state index is 0.126. The van der Waals surface area contributed by atoms with Crippen LogP contribution < -0.4 is 0 Å². The molecule has 0 aromatic rings. The van der Waals surface area contributed by atoms with Gasteiger partial charge in [-0.15, -0.1) is 11.6 Å². The van der Waals surface area contributed by atoms with Crippen LogP contribution in [0.5, 0.6) is 0 Å². The van der Waals surface area contributed by atoms with Gasteiger partial charge in [-0.3, -0.25) is 10.1 Å². The Kier molecular flexibility index (Phi) is 5.14. The van der Waals surface area contributed by atoms with Gasteiger partial charge in [0.1, 0.15) is 6.10 Å². The van der Waals surface area contributed by atoms with Crippen LogP contribution in [0.2, 0.25) is 0 Å². The number of nitro groups is 1. The lowest BCUT2D eigenvalue weighted by Crippen LogP contribution is -2.33. The van der Waals surface area contributed by atoms with Gasteiger partial charge >= 0.3 is 0 Å². The van der Waals surface area contributed by atoms with Crippen molar-refractivity contribution in [2.45, 2.75) is 31.7 Å². The highest BCUT2D eigenvalue weighted by atomic mass is 35.5. The zero-order valence-corrected chi connectivity index (χ0v) is 8.61. The summed E-state index contributed by atoms with van der Waals surface area (Å²) in [6.45, 7) is 0.404. The van der Waals surface area contributed by atoms with Crippen LogP contribution in [-0.4, -0.2) is 36.3 Å². The van der Waals surface area contributed by atoms with E-state index in [1.807, 2.05) is 0 Å². The van der Waals surface area contributed by atoms with Crippen LogP contribution in [0.4, 0.5) is 0 Å². The van der Waals surface area contributed by atoms with E-state index in [4.69, 9.17) is 21.1 Å². The SMILES string of the molecule is O=[N+]([O-])C[C@@H](CCl)O[C@H]1CCCCO1. The number of ether oxygens (including phenoxy) is 2. The van der Waals surface area contributed by atoms with Gasteiger partial charge < -0.3 is 9.47 Å². The highest BCUT2D eigenvalue weighted by molar-refractivity contribution is 6.18. The highest BCUT2D eigenvalue weighted by Crippen LogP contribution is 2.15. The molecule has 1 aliphatic heterocycles. The van der Waals surface area contributed by atoms with Crippen LogP contribution in [0, 0.1) is 10.1 Å². The molecule has 2 atom stereocenters. The Morgan fingerprint density at radius 3 is 2.93 bits per heavy atom. The van der Waals surface area contributed by atoms with Crippen molar-refractivity contribution < 1.29 is 14.4 Å². The lowest BCUT2D eigenvalue weighted by Gasteiger charge is -2.25. The van der Waals surface area contributed by atoms with E-state index in [2.05, 4.69) is 0 Å². The van der Waals surface area contributed by atoms with Crippen molar-refractivity contribution in [2.24, 2.45) is 0 Å². The third-order valence-electron chi connectivity index (χ3n) is 2.01. The van der Waals surface area contributed by atoms with Crippen LogP contribution in [0.25, 0.3) is 0 Å². The first-order valence-electron chi connectivity index (χ1n) is 4.67. The highest BCUT2D eigenvalue weighted by Gasteiger charge is 2.22. The second-order valence-corrected chi connectivity index (χ2v) is 3.53. The molecule has 0 radical (unpaired) electrons. The van der Waals surface area contributed by atoms with E-state index < -0.39 is 11.0 Å². The number of nitrogens with zero attached hydrogens (tertiary/aromatic N) is 1. The Balaban J connectivity index is 2.27. The van der Waals surface area contributed by atoms with Crippen LogP contribution >= 0.6 is 11.6 Å². The molecule has 0 saturated carbocycles. The van der Waals surface area contributed by atoms with Crippen molar-refractivity contribution in [2.75, 3.05) is 19.0 Å². The molecule has 0 spiro atoms. The lowest BCUT2D eigenvalue weighted by molar-refractivity contribution is -0.493. The van der Waals surface area contributed by atoms with Crippen molar-refractivity contribution in [3.8, 4) is 0 Å². The summed E-state index contributed by atoms with van der Waals surface area (Å²) in [6.07, 6.45) is 2.01. The summed E-state index contributed by atoms with van der Waals surface area (Å²) < 4.78 is 10.6. The molecule has 5 nitrogen and oxygen atoms in total. The van der Waals surface area contributed by atoms with Crippen molar-refractivity contribution >= 4 is 11.6 Å². The number of rotatable bonds is 5. The second-order valence-electron chi connectivity index (χ2n) is 3.22. The van der Waals surface area contributed by atoms with Crippen LogP contribution in [0.1, 0.15) is 19.3 Å². The zero-order chi connectivity index (χ0) is 10.4. The molecule has 0 aromatic carbocycles. The van der Waals surface area contributed by atoms with Gasteiger partial charge in [-0.05, 0) is 19.3 Å². The molecule has 0 bridgehead atoms. The van der Waals surface area contributed by atoms with Gasteiger partial charge in [0.25, 0.3) is 0 Å². The summed E-state index contributed by atoms with van der Waals surface area (Å²) in [4.78, 5) is 9.82. The minimum Gasteiger partial charge on any atom is -0.353 e. The van der Waals surface area contributed by atoms with E-state index in [0.29, 0.717) is 6.61 Å². The van der Waals surface area contributed by atoms with Gasteiger partial charge in [0.05, 0.1) is 5.88 Å². The number of alkyl halides is 1. The van der Waals surface area contributed by atoms with Gasteiger partial charge in [-0.2, -0.15) is 0 Å². The predicted molar refractivity (Wildman–Crippen MR) is 51.0 cm³/mol. The van der Waals surface area contributed by atoms with Gasteiger partial charge in [-0.25, -0.2) is 0 Å². The first-order chi connectivity index (χ1) is 6.72. The van der Waals surface area contributed by atoms with Gasteiger partial charge in [-0.1, -0.05) is 0 Å². The summed E-state index contributed by atoms with van der Waals surface area (Å²) in [5.74, 6) is 0.126. The lowest BCUT2D eigenvalue weighted by atomic mass is 10.2. The molecule has 1 rings (SSSR count). The van der Waals surface area contributed by atoms with E-state index in [1.54, 1.807) is 0 Å². The molecule has 1 fully saturated rings. The zero-order valence-electron chi connectivity index (χ0n) is 7.86. The van der Waals surface area contributed by atoms with Gasteiger partial charge in [0.2, 0.25) is 6.54 Å². The summed E-state index contributed by atoms with van der Waals surface area (Å²) in [5, 5.41) is 10.2. The minimum atomic E-state index is -0.547. The molecule has 0 amide bonds. The van der Waals surface area contributed by atoms with Crippen molar-refractivity contribution in [3.05, 3.63) is 10.1 Å². The maximum atomic E-state index is 10.2. The maximum Gasteiger partial charge on any atom is 0.231 e. The van der Waals surface area contributed by atoms with E-state index in [9.17, 15) is 10.1 Å². The van der Waals surface area contributed by atoms with Gasteiger partial charge in [0.15, 0.2) is 6.29 Å². The first-order valence-corrected chi connectivity index (χ1v) is 5.20. The monoisotopic (exact) mass is 223 g/mol. The van der Waals surface area contributed by atoms with Crippen LogP contribution in [-0.2, 0) is 9.47 Å². The van der Waals surface area contributed by atoms with E-state index in [1.165, 1.54) is 0 Å². The smallest absolute Gasteiger partial charge is 0.231 e. The van der Waals surface area contributed by atoms with Crippen LogP contribution in [0.15, 0.2) is 0 Å². The normalized spacial score (nSPS) is 24.5. The molecule has 0 unspecified atom stereocenters. The van der Waals surface area contributed by atoms with E-state index in [0.717, 1.165) is 19.3 Å². The summed E-state index contributed by atoms with van der Waals surface area (Å²) in [6, 6.07) is 0. The average molecular weight is 224 g/mol.